The topological polar surface area (TPSA) is 104 Å². The van der Waals surface area contributed by atoms with Crippen LogP contribution in [-0.2, 0) is 11.3 Å². The molecule has 9 heteroatoms. The standard InChI is InChI=1S/C20H22N4O5/c25-19(22-27)14-3-4-16-12-24(20(26)23-6-8-28-9-7-23)17(13-29-18(16)10-14)15-2-1-5-21-11-15/h1-5,10-11,17,27H,6-9,12-13H2,(H,22,25). The smallest absolute Gasteiger partial charge is 0.321 e. The van der Waals surface area contributed by atoms with Crippen LogP contribution in [0.3, 0.4) is 0 Å². The Kier molecular flexibility index (Phi) is 5.59. The number of amides is 3. The maximum atomic E-state index is 13.3. The summed E-state index contributed by atoms with van der Waals surface area (Å²) >= 11 is 0. The first kappa shape index (κ1) is 19.2. The van der Waals surface area contributed by atoms with Crippen molar-refractivity contribution in [3.05, 3.63) is 59.4 Å². The molecule has 0 saturated carbocycles. The molecular weight excluding hydrogens is 376 g/mol. The number of morpholine rings is 1. The van der Waals surface area contributed by atoms with Gasteiger partial charge in [0, 0.05) is 36.6 Å². The summed E-state index contributed by atoms with van der Waals surface area (Å²) in [5.74, 6) is -0.108. The molecule has 2 aromatic rings. The van der Waals surface area contributed by atoms with Gasteiger partial charge in [0.1, 0.15) is 12.4 Å². The number of nitrogens with zero attached hydrogens (tertiary/aromatic N) is 3. The fraction of sp³-hybridized carbons (Fsp3) is 0.350. The van der Waals surface area contributed by atoms with Crippen molar-refractivity contribution in [3.63, 3.8) is 0 Å². The van der Waals surface area contributed by atoms with Gasteiger partial charge in [-0.3, -0.25) is 15.0 Å². The minimum Gasteiger partial charge on any atom is -0.491 e. The Bertz CT molecular complexity index is 886. The highest BCUT2D eigenvalue weighted by molar-refractivity contribution is 5.93. The Morgan fingerprint density at radius 3 is 2.76 bits per heavy atom. The first-order chi connectivity index (χ1) is 14.2. The molecule has 0 radical (unpaired) electrons. The number of fused-ring (bicyclic) bond motifs is 1. The molecule has 9 nitrogen and oxygen atoms in total. The quantitative estimate of drug-likeness (QED) is 0.588. The lowest BCUT2D eigenvalue weighted by Crippen LogP contribution is -2.49. The van der Waals surface area contributed by atoms with Gasteiger partial charge < -0.3 is 19.3 Å². The molecule has 4 rings (SSSR count). The van der Waals surface area contributed by atoms with Crippen molar-refractivity contribution in [3.8, 4) is 5.75 Å². The first-order valence-corrected chi connectivity index (χ1v) is 9.41. The highest BCUT2D eigenvalue weighted by Crippen LogP contribution is 2.33. The zero-order valence-electron chi connectivity index (χ0n) is 15.8. The Balaban J connectivity index is 1.68. The molecule has 0 spiro atoms. The molecule has 3 amide bonds. The van der Waals surface area contributed by atoms with Gasteiger partial charge >= 0.3 is 6.03 Å². The fourth-order valence-corrected chi connectivity index (χ4v) is 3.56. The monoisotopic (exact) mass is 398 g/mol. The third-order valence-corrected chi connectivity index (χ3v) is 5.14. The molecule has 1 saturated heterocycles. The predicted octanol–water partition coefficient (Wildman–Crippen LogP) is 1.59. The molecule has 2 aliphatic heterocycles. The molecule has 3 heterocycles. The summed E-state index contributed by atoms with van der Waals surface area (Å²) < 4.78 is 11.4. The number of aromatic nitrogens is 1. The second-order valence-electron chi connectivity index (χ2n) is 6.89. The number of ether oxygens (including phenoxy) is 2. The van der Waals surface area contributed by atoms with Gasteiger partial charge in [-0.05, 0) is 23.8 Å². The van der Waals surface area contributed by atoms with Crippen LogP contribution in [0, 0.1) is 0 Å². The number of carbonyl (C=O) groups is 2. The molecule has 1 aromatic carbocycles. The van der Waals surface area contributed by atoms with Crippen LogP contribution in [0.15, 0.2) is 42.7 Å². The summed E-state index contributed by atoms with van der Waals surface area (Å²) in [6, 6.07) is 8.23. The summed E-state index contributed by atoms with van der Waals surface area (Å²) in [7, 11) is 0. The maximum absolute atomic E-state index is 13.3. The molecule has 29 heavy (non-hydrogen) atoms. The summed E-state index contributed by atoms with van der Waals surface area (Å²) in [6.07, 6.45) is 3.41. The van der Waals surface area contributed by atoms with Crippen LogP contribution in [0.2, 0.25) is 0 Å². The van der Waals surface area contributed by atoms with Gasteiger partial charge in [0.05, 0.1) is 25.8 Å². The van der Waals surface area contributed by atoms with Gasteiger partial charge in [-0.25, -0.2) is 10.3 Å². The second-order valence-corrected chi connectivity index (χ2v) is 6.89. The number of hydrogen-bond acceptors (Lipinski definition) is 6. The van der Waals surface area contributed by atoms with Gasteiger partial charge in [0.2, 0.25) is 0 Å². The number of nitrogens with one attached hydrogen (secondary N) is 1. The average molecular weight is 398 g/mol. The number of rotatable bonds is 2. The molecule has 1 unspecified atom stereocenters. The first-order valence-electron chi connectivity index (χ1n) is 9.41. The third-order valence-electron chi connectivity index (χ3n) is 5.14. The van der Waals surface area contributed by atoms with E-state index in [-0.39, 0.29) is 24.2 Å². The number of urea groups is 1. The van der Waals surface area contributed by atoms with Crippen molar-refractivity contribution < 1.29 is 24.3 Å². The van der Waals surface area contributed by atoms with E-state index < -0.39 is 5.91 Å². The van der Waals surface area contributed by atoms with Crippen LogP contribution in [0.25, 0.3) is 0 Å². The third kappa shape index (κ3) is 4.01. The van der Waals surface area contributed by atoms with Crippen LogP contribution in [-0.4, -0.2) is 64.8 Å². The molecule has 1 atom stereocenters. The van der Waals surface area contributed by atoms with E-state index in [2.05, 4.69) is 4.98 Å². The van der Waals surface area contributed by atoms with E-state index in [0.29, 0.717) is 38.6 Å². The Hall–Kier alpha value is -3.17. The molecule has 1 aromatic heterocycles. The molecule has 152 valence electrons. The van der Waals surface area contributed by atoms with Gasteiger partial charge in [0.15, 0.2) is 0 Å². The summed E-state index contributed by atoms with van der Waals surface area (Å²) in [4.78, 5) is 32.8. The van der Waals surface area contributed by atoms with E-state index >= 15 is 0 Å². The van der Waals surface area contributed by atoms with E-state index in [0.717, 1.165) is 11.1 Å². The van der Waals surface area contributed by atoms with E-state index in [1.165, 1.54) is 0 Å². The van der Waals surface area contributed by atoms with Crippen LogP contribution in [0.5, 0.6) is 5.75 Å². The largest absolute Gasteiger partial charge is 0.491 e. The van der Waals surface area contributed by atoms with Gasteiger partial charge in [-0.1, -0.05) is 12.1 Å². The summed E-state index contributed by atoms with van der Waals surface area (Å²) in [6.45, 7) is 2.66. The van der Waals surface area contributed by atoms with Gasteiger partial charge in [-0.15, -0.1) is 0 Å². The lowest BCUT2D eigenvalue weighted by atomic mass is 10.1. The predicted molar refractivity (Wildman–Crippen MR) is 101 cm³/mol. The van der Waals surface area contributed by atoms with E-state index in [1.54, 1.807) is 45.9 Å². The number of hydroxylamine groups is 1. The summed E-state index contributed by atoms with van der Waals surface area (Å²) in [5, 5.41) is 8.88. The highest BCUT2D eigenvalue weighted by Gasteiger charge is 2.33. The minimum absolute atomic E-state index is 0.0872. The maximum Gasteiger partial charge on any atom is 0.321 e. The molecule has 0 bridgehead atoms. The number of pyridine rings is 1. The SMILES string of the molecule is O=C(NO)c1ccc2c(c1)OCC(c1cccnc1)N(C(=O)N1CCOCC1)C2. The van der Waals surface area contributed by atoms with E-state index in [4.69, 9.17) is 14.7 Å². The molecule has 1 fully saturated rings. The van der Waals surface area contributed by atoms with E-state index in [1.807, 2.05) is 12.1 Å². The molecule has 0 aliphatic carbocycles. The zero-order valence-corrected chi connectivity index (χ0v) is 15.8. The lowest BCUT2D eigenvalue weighted by molar-refractivity contribution is 0.0362. The lowest BCUT2D eigenvalue weighted by Gasteiger charge is -2.36. The van der Waals surface area contributed by atoms with Gasteiger partial charge in [0.25, 0.3) is 5.91 Å². The summed E-state index contributed by atoms with van der Waals surface area (Å²) in [5.41, 5.74) is 3.55. The van der Waals surface area contributed by atoms with Gasteiger partial charge in [-0.2, -0.15) is 0 Å². The Labute approximate surface area is 167 Å². The van der Waals surface area contributed by atoms with Crippen molar-refractivity contribution >= 4 is 11.9 Å². The average Bonchev–Trinajstić information content (AvgIpc) is 2.98. The van der Waals surface area contributed by atoms with Crippen molar-refractivity contribution in [1.82, 2.24) is 20.3 Å². The van der Waals surface area contributed by atoms with Crippen LogP contribution >= 0.6 is 0 Å². The highest BCUT2D eigenvalue weighted by atomic mass is 16.5. The number of carbonyl (C=O) groups excluding carboxylic acids is 2. The van der Waals surface area contributed by atoms with Crippen molar-refractivity contribution in [2.75, 3.05) is 32.9 Å². The zero-order chi connectivity index (χ0) is 20.2. The number of hydrogen-bond donors (Lipinski definition) is 2. The van der Waals surface area contributed by atoms with Crippen LogP contribution in [0.1, 0.15) is 27.5 Å². The molecule has 2 aliphatic rings. The Morgan fingerprint density at radius 1 is 1.21 bits per heavy atom. The molecule has 2 N–H and O–H groups in total. The van der Waals surface area contributed by atoms with Crippen LogP contribution in [0.4, 0.5) is 4.79 Å². The normalized spacial score (nSPS) is 19.0. The van der Waals surface area contributed by atoms with Crippen molar-refractivity contribution in [1.29, 1.82) is 0 Å². The van der Waals surface area contributed by atoms with Crippen molar-refractivity contribution in [2.45, 2.75) is 12.6 Å². The molecular formula is C20H22N4O5. The number of benzene rings is 1. The fourth-order valence-electron chi connectivity index (χ4n) is 3.56. The minimum atomic E-state index is -0.620. The van der Waals surface area contributed by atoms with Crippen molar-refractivity contribution in [2.24, 2.45) is 0 Å². The van der Waals surface area contributed by atoms with E-state index in [9.17, 15) is 9.59 Å². The second kappa shape index (κ2) is 8.46. The van der Waals surface area contributed by atoms with Crippen LogP contribution < -0.4 is 10.2 Å². The Morgan fingerprint density at radius 2 is 2.03 bits per heavy atom.